The van der Waals surface area contributed by atoms with Crippen LogP contribution in [0, 0.1) is 0 Å². The van der Waals surface area contributed by atoms with Gasteiger partial charge >= 0.3 is 124 Å². The number of benzene rings is 7. The molecule has 2 N–H and O–H groups in total. The SMILES string of the molecule is CCCCc1ccc(N2c3ccccc3[NH+](c3ccc([NH+]4c5ccccc5N(c5ccc(CCCC)cc5)c5ccccc54)cc3)c3ccccc32)cc1.[Cl][Sb-]([Cl])([Cl])([Cl])([Cl])[Cl].[Cl][Sb-]([Cl])([Cl])([Cl])([Cl])[Cl]. The number of hydrogen-bond acceptors (Lipinski definition) is 2. The molecule has 0 aliphatic carbocycles. The third kappa shape index (κ3) is 16.1. The van der Waals surface area contributed by atoms with Crippen molar-refractivity contribution in [3.05, 3.63) is 181 Å². The molecule has 0 bridgehead atoms. The molecule has 0 amide bonds. The molecule has 7 aromatic carbocycles. The summed E-state index contributed by atoms with van der Waals surface area (Å²) >= 11 is 0. The fourth-order valence-electron chi connectivity index (χ4n) is 8.44. The Balaban J connectivity index is 0.000000428. The Morgan fingerprint density at radius 3 is 0.809 bits per heavy atom. The number of rotatable bonds is 10. The zero-order chi connectivity index (χ0) is 49.3. The minimum absolute atomic E-state index is 1.12. The third-order valence-corrected chi connectivity index (χ3v) is 11.1. The first-order chi connectivity index (χ1) is 31.6. The first-order valence-corrected chi connectivity index (χ1v) is 60.6. The molecule has 0 aromatic heterocycles. The number of unbranched alkanes of at least 4 members (excludes halogenated alkanes) is 2. The summed E-state index contributed by atoms with van der Waals surface area (Å²) < 4.78 is 0. The fourth-order valence-corrected chi connectivity index (χ4v) is 8.44. The van der Waals surface area contributed by atoms with Crippen LogP contribution in [-0.4, -0.2) is 18.3 Å². The number of para-hydroxylation sites is 8. The van der Waals surface area contributed by atoms with Gasteiger partial charge in [-0.25, -0.2) is 9.80 Å². The molecular weight excluding hydrogens is 1330 g/mol. The van der Waals surface area contributed by atoms with E-state index in [1.807, 2.05) is 0 Å². The van der Waals surface area contributed by atoms with Gasteiger partial charge < -0.3 is 0 Å². The van der Waals surface area contributed by atoms with Crippen LogP contribution in [0.5, 0.6) is 0 Å². The van der Waals surface area contributed by atoms with Gasteiger partial charge in [-0.05, 0) is 85.3 Å². The van der Waals surface area contributed by atoms with Crippen LogP contribution in [-0.2, 0) is 12.8 Å². The van der Waals surface area contributed by atoms with Crippen LogP contribution in [0.15, 0.2) is 170 Å². The summed E-state index contributed by atoms with van der Waals surface area (Å²) in [6, 6.07) is 63.2. The molecule has 68 heavy (non-hydrogen) atoms. The molecule has 4 nitrogen and oxygen atoms in total. The molecule has 0 fully saturated rings. The van der Waals surface area contributed by atoms with E-state index in [9.17, 15) is 0 Å². The summed E-state index contributed by atoms with van der Waals surface area (Å²) in [4.78, 5) is 7.41. The Labute approximate surface area is 439 Å². The van der Waals surface area contributed by atoms with Crippen LogP contribution >= 0.6 is 106 Å². The number of nitrogens with one attached hydrogen (secondary N) is 2. The summed E-state index contributed by atoms with van der Waals surface area (Å²) in [5.74, 6) is 0. The summed E-state index contributed by atoms with van der Waals surface area (Å²) in [5, 5.41) is 0. The van der Waals surface area contributed by atoms with E-state index in [-0.39, 0.29) is 0 Å². The molecule has 0 radical (unpaired) electrons. The first kappa shape index (κ1) is 54.9. The Morgan fingerprint density at radius 1 is 0.338 bits per heavy atom. The number of anilines is 6. The van der Waals surface area contributed by atoms with Gasteiger partial charge in [0.15, 0.2) is 22.7 Å². The van der Waals surface area contributed by atoms with E-state index < -0.39 is 18.3 Å². The number of fused-ring (bicyclic) bond motifs is 4. The second-order valence-corrected chi connectivity index (χ2v) is 130. The van der Waals surface area contributed by atoms with Crippen molar-refractivity contribution in [2.45, 2.75) is 52.4 Å². The second kappa shape index (κ2) is 20.5. The van der Waals surface area contributed by atoms with E-state index in [1.54, 1.807) is 0 Å². The van der Waals surface area contributed by atoms with Gasteiger partial charge in [0.25, 0.3) is 0 Å². The van der Waals surface area contributed by atoms with Crippen molar-refractivity contribution in [1.29, 1.82) is 0 Å². The monoisotopic (exact) mass is 1370 g/mol. The molecule has 7 aromatic rings. The fraction of sp³-hybridized carbons (Fsp3) is 0.160. The molecule has 0 spiro atoms. The second-order valence-electron chi connectivity index (χ2n) is 16.5. The Hall–Kier alpha value is -0.824. The number of halogens is 12. The van der Waals surface area contributed by atoms with E-state index in [2.05, 4.69) is 194 Å². The van der Waals surface area contributed by atoms with Crippen LogP contribution in [0.4, 0.5) is 68.2 Å². The van der Waals surface area contributed by atoms with Gasteiger partial charge in [0.05, 0.1) is 0 Å². The summed E-state index contributed by atoms with van der Waals surface area (Å²) in [6.07, 6.45) is 7.10. The van der Waals surface area contributed by atoms with E-state index >= 15 is 0 Å². The molecule has 362 valence electrons. The molecule has 2 heterocycles. The molecule has 0 saturated heterocycles. The predicted octanol–water partition coefficient (Wildman–Crippen LogP) is 19.8. The van der Waals surface area contributed by atoms with Crippen molar-refractivity contribution in [3.8, 4) is 0 Å². The van der Waals surface area contributed by atoms with Crippen molar-refractivity contribution < 1.29 is 9.80 Å². The Bertz CT molecular complexity index is 2560. The van der Waals surface area contributed by atoms with Crippen LogP contribution in [0.25, 0.3) is 0 Å². The molecule has 9 rings (SSSR count). The zero-order valence-corrected chi connectivity index (χ0v) is 50.9. The van der Waals surface area contributed by atoms with Crippen molar-refractivity contribution in [3.63, 3.8) is 0 Å². The molecule has 0 atom stereocenters. The van der Waals surface area contributed by atoms with Gasteiger partial charge in [-0.15, -0.1) is 0 Å². The minimum atomic E-state index is -5.42. The topological polar surface area (TPSA) is 15.4 Å². The number of hydrogen-bond donors (Lipinski definition) is 2. The average Bonchev–Trinajstić information content (AvgIpc) is 3.27. The third-order valence-electron chi connectivity index (χ3n) is 11.1. The van der Waals surface area contributed by atoms with E-state index in [1.165, 1.54) is 115 Å². The quantitative estimate of drug-likeness (QED) is 0.133. The van der Waals surface area contributed by atoms with E-state index in [0.717, 1.165) is 12.8 Å². The van der Waals surface area contributed by atoms with Crippen molar-refractivity contribution in [1.82, 2.24) is 0 Å². The van der Waals surface area contributed by atoms with Crippen molar-refractivity contribution in [2.24, 2.45) is 0 Å². The summed E-state index contributed by atoms with van der Waals surface area (Å²) in [5.41, 5.74) is 17.4. The summed E-state index contributed by atoms with van der Waals surface area (Å²) in [6.45, 7) is 4.51. The number of aryl methyl sites for hydroxylation is 2. The normalized spacial score (nSPS) is 15.6. The Morgan fingerprint density at radius 2 is 0.574 bits per heavy atom. The van der Waals surface area contributed by atoms with Gasteiger partial charge in [0, 0.05) is 59.9 Å². The van der Waals surface area contributed by atoms with Crippen LogP contribution < -0.4 is 19.6 Å². The first-order valence-electron chi connectivity index (χ1n) is 21.8. The number of nitrogens with zero attached hydrogens (tertiary/aromatic N) is 2. The van der Waals surface area contributed by atoms with E-state index in [0.29, 0.717) is 0 Å². The van der Waals surface area contributed by atoms with Crippen molar-refractivity contribution in [2.75, 3.05) is 9.80 Å². The zero-order valence-electron chi connectivity index (χ0n) is 36.7. The standard InChI is InChI=1S/C50H46N4.12ClH.2Sb/c1-3-5-15-37-25-29-39(30-26-37)51-43-17-7-11-21-47(43)53(48-22-12-8-18-44(48)51)41-33-35-42(36-34-41)54-49-23-13-9-19-45(49)52(46-20-10-14-24-50(46)54)40-31-27-38(28-32-40)16-6-4-2;;;;;;;;;;;;;;/h7-14,17-36H,3-6,15-16H2,1-2H3;12*1H;;/q;;;;;;;;;;;;;2*+5/p-10. The maximum atomic E-state index is 5.06. The summed E-state index contributed by atoms with van der Waals surface area (Å²) in [7, 11) is 49.9. The Kier molecular flexibility index (Phi) is 16.5. The average molecular weight is 1370 g/mol. The van der Waals surface area contributed by atoms with Gasteiger partial charge in [-0.2, -0.15) is 0 Å². The predicted molar refractivity (Wildman–Crippen MR) is 308 cm³/mol. The van der Waals surface area contributed by atoms with Gasteiger partial charge in [-0.3, -0.25) is 9.80 Å². The van der Waals surface area contributed by atoms with Gasteiger partial charge in [-0.1, -0.05) is 99.5 Å². The number of quaternary nitrogens is 2. The van der Waals surface area contributed by atoms with Crippen LogP contribution in [0.3, 0.4) is 0 Å². The van der Waals surface area contributed by atoms with Crippen LogP contribution in [0.1, 0.15) is 50.7 Å². The van der Waals surface area contributed by atoms with Crippen molar-refractivity contribution >= 4 is 192 Å². The maximum absolute atomic E-state index is 5.42. The molecule has 2 aliphatic heterocycles. The van der Waals surface area contributed by atoms with Crippen LogP contribution in [0.2, 0.25) is 0 Å². The molecule has 18 heteroatoms. The van der Waals surface area contributed by atoms with E-state index in [4.69, 9.17) is 106 Å². The molecule has 0 saturated carbocycles. The molecule has 0 unspecified atom stereocenters. The molecule has 2 aliphatic rings. The van der Waals surface area contributed by atoms with Gasteiger partial charge in [0.1, 0.15) is 34.1 Å². The molecular formula is C50H48Cl12N4Sb2. The van der Waals surface area contributed by atoms with Gasteiger partial charge in [0.2, 0.25) is 0 Å².